The summed E-state index contributed by atoms with van der Waals surface area (Å²) < 4.78 is 0. The van der Waals surface area contributed by atoms with Crippen molar-refractivity contribution in [3.05, 3.63) is 36.6 Å². The van der Waals surface area contributed by atoms with E-state index in [4.69, 9.17) is 0 Å². The number of hydrogen-bond donors (Lipinski definition) is 0. The summed E-state index contributed by atoms with van der Waals surface area (Å²) in [6.07, 6.45) is 13.1. The standard InChI is InChI=1S/C9H13N/c1-3-5-7-9-10-8-6-4-2/h3-9H,1-2H3/b5-3-,6-4+,9-7-,10-8+. The van der Waals surface area contributed by atoms with Gasteiger partial charge in [0.15, 0.2) is 0 Å². The van der Waals surface area contributed by atoms with Gasteiger partial charge in [0.1, 0.15) is 0 Å². The van der Waals surface area contributed by atoms with Gasteiger partial charge in [0.05, 0.1) is 0 Å². The highest BCUT2D eigenvalue weighted by Crippen LogP contribution is 1.77. The summed E-state index contributed by atoms with van der Waals surface area (Å²) in [7, 11) is 0. The fourth-order valence-corrected chi connectivity index (χ4v) is 0.396. The van der Waals surface area contributed by atoms with Gasteiger partial charge in [-0.05, 0) is 26.0 Å². The lowest BCUT2D eigenvalue weighted by Crippen LogP contribution is -1.58. The molecule has 0 aromatic rings. The molecule has 1 nitrogen and oxygen atoms in total. The van der Waals surface area contributed by atoms with Crippen LogP contribution in [0.1, 0.15) is 13.8 Å². The van der Waals surface area contributed by atoms with Crippen LogP contribution in [0.4, 0.5) is 0 Å². The molecule has 0 unspecified atom stereocenters. The Kier molecular flexibility index (Phi) is 7.01. The Morgan fingerprint density at radius 2 is 1.60 bits per heavy atom. The SMILES string of the molecule is C\C=C/C=C\N=C\C=C\C. The molecule has 0 heterocycles. The number of allylic oxidation sites excluding steroid dienone is 5. The summed E-state index contributed by atoms with van der Waals surface area (Å²) in [4.78, 5) is 3.96. The minimum atomic E-state index is 1.75. The Balaban J connectivity index is 3.51. The van der Waals surface area contributed by atoms with E-state index in [1.165, 1.54) is 0 Å². The zero-order valence-electron chi connectivity index (χ0n) is 6.49. The summed E-state index contributed by atoms with van der Waals surface area (Å²) in [5.74, 6) is 0. The van der Waals surface area contributed by atoms with Crippen LogP contribution in [0.5, 0.6) is 0 Å². The predicted molar refractivity (Wildman–Crippen MR) is 47.3 cm³/mol. The van der Waals surface area contributed by atoms with E-state index in [9.17, 15) is 0 Å². The van der Waals surface area contributed by atoms with Crippen molar-refractivity contribution in [1.29, 1.82) is 0 Å². The summed E-state index contributed by atoms with van der Waals surface area (Å²) in [5, 5.41) is 0. The zero-order chi connectivity index (χ0) is 7.66. The van der Waals surface area contributed by atoms with Crippen LogP contribution in [0, 0.1) is 0 Å². The molecule has 0 fully saturated rings. The molecule has 0 saturated heterocycles. The van der Waals surface area contributed by atoms with Crippen molar-refractivity contribution >= 4 is 6.21 Å². The molecule has 0 aromatic carbocycles. The van der Waals surface area contributed by atoms with Crippen LogP contribution >= 0.6 is 0 Å². The van der Waals surface area contributed by atoms with Crippen molar-refractivity contribution in [1.82, 2.24) is 0 Å². The highest BCUT2D eigenvalue weighted by molar-refractivity contribution is 5.71. The number of hydrogen-bond acceptors (Lipinski definition) is 1. The molecule has 10 heavy (non-hydrogen) atoms. The van der Waals surface area contributed by atoms with Gasteiger partial charge in [0.25, 0.3) is 0 Å². The fourth-order valence-electron chi connectivity index (χ4n) is 0.396. The average Bonchev–Trinajstić information content (AvgIpc) is 1.97. The first kappa shape index (κ1) is 8.89. The Labute approximate surface area is 62.5 Å². The first-order valence-corrected chi connectivity index (χ1v) is 3.34. The third kappa shape index (κ3) is 6.89. The van der Waals surface area contributed by atoms with E-state index in [1.54, 1.807) is 12.4 Å². The zero-order valence-corrected chi connectivity index (χ0v) is 6.49. The van der Waals surface area contributed by atoms with Crippen LogP contribution < -0.4 is 0 Å². The van der Waals surface area contributed by atoms with Gasteiger partial charge in [0.2, 0.25) is 0 Å². The lowest BCUT2D eigenvalue weighted by atomic mass is 10.5. The van der Waals surface area contributed by atoms with E-state index in [-0.39, 0.29) is 0 Å². The van der Waals surface area contributed by atoms with E-state index < -0.39 is 0 Å². The molecule has 1 heteroatoms. The van der Waals surface area contributed by atoms with Crippen molar-refractivity contribution in [2.75, 3.05) is 0 Å². The first-order chi connectivity index (χ1) is 4.91. The van der Waals surface area contributed by atoms with Crippen LogP contribution in [-0.2, 0) is 0 Å². The molecule has 0 aromatic heterocycles. The van der Waals surface area contributed by atoms with E-state index in [1.807, 2.05) is 44.2 Å². The van der Waals surface area contributed by atoms with Crippen molar-refractivity contribution in [2.45, 2.75) is 13.8 Å². The summed E-state index contributed by atoms with van der Waals surface area (Å²) in [6, 6.07) is 0. The predicted octanol–water partition coefficient (Wildman–Crippen LogP) is 2.72. The van der Waals surface area contributed by atoms with E-state index >= 15 is 0 Å². The second-order valence-corrected chi connectivity index (χ2v) is 1.69. The van der Waals surface area contributed by atoms with Crippen LogP contribution in [-0.4, -0.2) is 6.21 Å². The number of nitrogens with zero attached hydrogens (tertiary/aromatic N) is 1. The molecule has 0 aliphatic rings. The Bertz CT molecular complexity index is 142. The quantitative estimate of drug-likeness (QED) is 0.417. The molecule has 0 spiro atoms. The lowest BCUT2D eigenvalue weighted by Gasteiger charge is -1.71. The molecule has 0 amide bonds. The van der Waals surface area contributed by atoms with E-state index in [0.29, 0.717) is 0 Å². The van der Waals surface area contributed by atoms with Crippen LogP contribution in [0.2, 0.25) is 0 Å². The van der Waals surface area contributed by atoms with Gasteiger partial charge < -0.3 is 0 Å². The largest absolute Gasteiger partial charge is 0.265 e. The van der Waals surface area contributed by atoms with Gasteiger partial charge in [0, 0.05) is 12.4 Å². The van der Waals surface area contributed by atoms with Crippen LogP contribution in [0.15, 0.2) is 41.6 Å². The Hall–Kier alpha value is -1.11. The third-order valence-corrected chi connectivity index (χ3v) is 0.840. The Morgan fingerprint density at radius 1 is 0.900 bits per heavy atom. The second-order valence-electron chi connectivity index (χ2n) is 1.69. The lowest BCUT2D eigenvalue weighted by molar-refractivity contribution is 1.58. The van der Waals surface area contributed by atoms with Gasteiger partial charge in [-0.2, -0.15) is 0 Å². The normalized spacial score (nSPS) is 13.4. The topological polar surface area (TPSA) is 12.4 Å². The monoisotopic (exact) mass is 135 g/mol. The maximum absolute atomic E-state index is 3.96. The molecule has 0 aliphatic carbocycles. The minimum Gasteiger partial charge on any atom is -0.265 e. The summed E-state index contributed by atoms with van der Waals surface area (Å²) >= 11 is 0. The molecule has 0 radical (unpaired) electrons. The minimum absolute atomic E-state index is 1.75. The number of rotatable bonds is 3. The molecule has 0 saturated carbocycles. The highest BCUT2D eigenvalue weighted by atomic mass is 14.6. The van der Waals surface area contributed by atoms with Gasteiger partial charge in [-0.1, -0.05) is 18.2 Å². The maximum Gasteiger partial charge on any atom is 0.0267 e. The molecular formula is C9H13N. The summed E-state index contributed by atoms with van der Waals surface area (Å²) in [5.41, 5.74) is 0. The van der Waals surface area contributed by atoms with E-state index in [2.05, 4.69) is 4.99 Å². The molecule has 54 valence electrons. The summed E-state index contributed by atoms with van der Waals surface area (Å²) in [6.45, 7) is 3.93. The van der Waals surface area contributed by atoms with Crippen LogP contribution in [0.3, 0.4) is 0 Å². The highest BCUT2D eigenvalue weighted by Gasteiger charge is 1.58. The van der Waals surface area contributed by atoms with Gasteiger partial charge in [-0.15, -0.1) is 0 Å². The van der Waals surface area contributed by atoms with Gasteiger partial charge in [-0.25, -0.2) is 0 Å². The van der Waals surface area contributed by atoms with E-state index in [0.717, 1.165) is 0 Å². The molecule has 0 aliphatic heterocycles. The van der Waals surface area contributed by atoms with Crippen molar-refractivity contribution in [2.24, 2.45) is 4.99 Å². The van der Waals surface area contributed by atoms with Gasteiger partial charge in [-0.3, -0.25) is 4.99 Å². The molecule has 0 rings (SSSR count). The van der Waals surface area contributed by atoms with Gasteiger partial charge >= 0.3 is 0 Å². The molecular weight excluding hydrogens is 122 g/mol. The molecule has 0 atom stereocenters. The van der Waals surface area contributed by atoms with Crippen LogP contribution in [0.25, 0.3) is 0 Å². The van der Waals surface area contributed by atoms with Crippen molar-refractivity contribution in [3.8, 4) is 0 Å². The first-order valence-electron chi connectivity index (χ1n) is 3.34. The molecule has 0 bridgehead atoms. The van der Waals surface area contributed by atoms with Crippen molar-refractivity contribution in [3.63, 3.8) is 0 Å². The second kappa shape index (κ2) is 7.89. The number of aliphatic imine (C=N–C) groups is 1. The third-order valence-electron chi connectivity index (χ3n) is 0.840. The average molecular weight is 135 g/mol. The Morgan fingerprint density at radius 3 is 2.20 bits per heavy atom. The van der Waals surface area contributed by atoms with Crippen molar-refractivity contribution < 1.29 is 0 Å². The fraction of sp³-hybridized carbons (Fsp3) is 0.222. The maximum atomic E-state index is 3.96. The molecule has 0 N–H and O–H groups in total. The smallest absolute Gasteiger partial charge is 0.0267 e.